The summed E-state index contributed by atoms with van der Waals surface area (Å²) < 4.78 is 0. The highest BCUT2D eigenvalue weighted by molar-refractivity contribution is 5.47. The summed E-state index contributed by atoms with van der Waals surface area (Å²) in [5.74, 6) is 0.944. The summed E-state index contributed by atoms with van der Waals surface area (Å²) in [6.45, 7) is 5.96. The summed E-state index contributed by atoms with van der Waals surface area (Å²) in [5.41, 5.74) is 3.66. The second-order valence-electron chi connectivity index (χ2n) is 4.92. The third kappa shape index (κ3) is 3.73. The van der Waals surface area contributed by atoms with Gasteiger partial charge in [-0.1, -0.05) is 25.1 Å². The first-order chi connectivity index (χ1) is 9.72. The fourth-order valence-corrected chi connectivity index (χ4v) is 2.17. The Labute approximate surface area is 121 Å². The number of nitrogens with one attached hydrogen (secondary N) is 1. The molecule has 1 N–H and O–H groups in total. The summed E-state index contributed by atoms with van der Waals surface area (Å²) in [6, 6.07) is 14.8. The van der Waals surface area contributed by atoms with Gasteiger partial charge in [0.25, 0.3) is 0 Å². The van der Waals surface area contributed by atoms with Crippen LogP contribution in [0.5, 0.6) is 0 Å². The second-order valence-corrected chi connectivity index (χ2v) is 4.92. The van der Waals surface area contributed by atoms with Crippen molar-refractivity contribution in [2.45, 2.75) is 26.8 Å². The zero-order chi connectivity index (χ0) is 14.4. The Kier molecular flexibility index (Phi) is 4.99. The van der Waals surface area contributed by atoms with Crippen LogP contribution in [0.3, 0.4) is 0 Å². The number of hydrogen-bond donors (Lipinski definition) is 1. The molecule has 3 heteroatoms. The van der Waals surface area contributed by atoms with E-state index in [4.69, 9.17) is 0 Å². The molecule has 0 bridgehead atoms. The first kappa shape index (κ1) is 14.4. The van der Waals surface area contributed by atoms with Crippen molar-refractivity contribution in [2.75, 3.05) is 23.8 Å². The van der Waals surface area contributed by atoms with Crippen molar-refractivity contribution in [1.29, 1.82) is 0 Å². The van der Waals surface area contributed by atoms with Crippen LogP contribution in [0.25, 0.3) is 0 Å². The van der Waals surface area contributed by atoms with Crippen molar-refractivity contribution in [1.82, 2.24) is 4.98 Å². The predicted molar refractivity (Wildman–Crippen MR) is 86.3 cm³/mol. The van der Waals surface area contributed by atoms with Crippen molar-refractivity contribution in [3.05, 3.63) is 53.7 Å². The normalized spacial score (nSPS) is 10.3. The third-order valence-corrected chi connectivity index (χ3v) is 3.35. The Balaban J connectivity index is 2.06. The number of rotatable bonds is 6. The molecule has 0 aliphatic rings. The zero-order valence-electron chi connectivity index (χ0n) is 12.6. The molecule has 0 aliphatic carbocycles. The van der Waals surface area contributed by atoms with Gasteiger partial charge in [-0.2, -0.15) is 0 Å². The minimum Gasteiger partial charge on any atom is -0.370 e. The Bertz CT molecular complexity index is 534. The molecule has 0 spiro atoms. The lowest BCUT2D eigenvalue weighted by Crippen LogP contribution is -2.17. The molecule has 1 aromatic heterocycles. The molecule has 0 unspecified atom stereocenters. The van der Waals surface area contributed by atoms with Crippen molar-refractivity contribution < 1.29 is 0 Å². The minimum absolute atomic E-state index is 0.810. The van der Waals surface area contributed by atoms with Crippen molar-refractivity contribution >= 4 is 11.5 Å². The SMILES string of the molecule is CCNc1cccc(CN(C)c2ccc(CC)cc2)n1. The van der Waals surface area contributed by atoms with Gasteiger partial charge < -0.3 is 10.2 Å². The summed E-state index contributed by atoms with van der Waals surface area (Å²) in [5, 5.41) is 3.25. The lowest BCUT2D eigenvalue weighted by molar-refractivity contribution is 0.884. The largest absolute Gasteiger partial charge is 0.370 e. The molecule has 0 amide bonds. The van der Waals surface area contributed by atoms with E-state index in [9.17, 15) is 0 Å². The zero-order valence-corrected chi connectivity index (χ0v) is 12.6. The summed E-state index contributed by atoms with van der Waals surface area (Å²) in [6.07, 6.45) is 1.08. The fraction of sp³-hybridized carbons (Fsp3) is 0.353. The van der Waals surface area contributed by atoms with Crippen LogP contribution >= 0.6 is 0 Å². The van der Waals surface area contributed by atoms with Crippen molar-refractivity contribution in [3.8, 4) is 0 Å². The van der Waals surface area contributed by atoms with Crippen LogP contribution in [-0.4, -0.2) is 18.6 Å². The molecular formula is C17H23N3. The number of benzene rings is 1. The maximum atomic E-state index is 4.61. The predicted octanol–water partition coefficient (Wildman–Crippen LogP) is 3.71. The molecule has 0 atom stereocenters. The van der Waals surface area contributed by atoms with Gasteiger partial charge in [0.2, 0.25) is 0 Å². The van der Waals surface area contributed by atoms with E-state index in [1.807, 2.05) is 12.1 Å². The fourth-order valence-electron chi connectivity index (χ4n) is 2.17. The van der Waals surface area contributed by atoms with Gasteiger partial charge in [0.1, 0.15) is 5.82 Å². The average Bonchev–Trinajstić information content (AvgIpc) is 2.48. The molecule has 1 aromatic carbocycles. The van der Waals surface area contributed by atoms with Crippen LogP contribution in [0.15, 0.2) is 42.5 Å². The van der Waals surface area contributed by atoms with E-state index in [1.165, 1.54) is 11.3 Å². The molecule has 106 valence electrons. The average molecular weight is 269 g/mol. The van der Waals surface area contributed by atoms with E-state index in [1.54, 1.807) is 0 Å². The van der Waals surface area contributed by atoms with Crippen molar-refractivity contribution in [2.24, 2.45) is 0 Å². The van der Waals surface area contributed by atoms with Gasteiger partial charge in [-0.05, 0) is 43.2 Å². The van der Waals surface area contributed by atoms with Crippen LogP contribution in [0.2, 0.25) is 0 Å². The maximum absolute atomic E-state index is 4.61. The quantitative estimate of drug-likeness (QED) is 0.866. The van der Waals surface area contributed by atoms with Gasteiger partial charge in [-0.25, -0.2) is 4.98 Å². The molecule has 0 saturated heterocycles. The molecule has 20 heavy (non-hydrogen) atoms. The first-order valence-corrected chi connectivity index (χ1v) is 7.22. The topological polar surface area (TPSA) is 28.2 Å². The Morgan fingerprint density at radius 3 is 2.45 bits per heavy atom. The highest BCUT2D eigenvalue weighted by Crippen LogP contribution is 2.16. The number of hydrogen-bond acceptors (Lipinski definition) is 3. The standard InChI is InChI=1S/C17H23N3/c1-4-14-9-11-16(12-10-14)20(3)13-15-7-6-8-17(19-15)18-5-2/h6-12H,4-5,13H2,1-3H3,(H,18,19). The van der Waals surface area contributed by atoms with E-state index in [0.29, 0.717) is 0 Å². The van der Waals surface area contributed by atoms with Crippen molar-refractivity contribution in [3.63, 3.8) is 0 Å². The monoisotopic (exact) mass is 269 g/mol. The number of anilines is 2. The summed E-state index contributed by atoms with van der Waals surface area (Å²) in [7, 11) is 2.10. The van der Waals surface area contributed by atoms with Gasteiger partial charge in [-0.3, -0.25) is 0 Å². The molecular weight excluding hydrogens is 246 g/mol. The van der Waals surface area contributed by atoms with E-state index in [-0.39, 0.29) is 0 Å². The molecule has 0 aliphatic heterocycles. The molecule has 2 rings (SSSR count). The summed E-state index contributed by atoms with van der Waals surface area (Å²) in [4.78, 5) is 6.83. The van der Waals surface area contributed by atoms with Gasteiger partial charge in [0.15, 0.2) is 0 Å². The molecule has 2 aromatic rings. The van der Waals surface area contributed by atoms with E-state index < -0.39 is 0 Å². The van der Waals surface area contributed by atoms with E-state index >= 15 is 0 Å². The summed E-state index contributed by atoms with van der Waals surface area (Å²) >= 11 is 0. The Morgan fingerprint density at radius 2 is 1.80 bits per heavy atom. The van der Waals surface area contributed by atoms with Gasteiger partial charge in [0, 0.05) is 19.3 Å². The first-order valence-electron chi connectivity index (χ1n) is 7.22. The Morgan fingerprint density at radius 1 is 1.05 bits per heavy atom. The van der Waals surface area contributed by atoms with E-state index in [0.717, 1.165) is 31.0 Å². The number of aromatic nitrogens is 1. The van der Waals surface area contributed by atoms with Crippen LogP contribution in [0, 0.1) is 0 Å². The molecule has 0 fully saturated rings. The smallest absolute Gasteiger partial charge is 0.126 e. The Hall–Kier alpha value is -2.03. The van der Waals surface area contributed by atoms with Crippen LogP contribution in [0.1, 0.15) is 25.1 Å². The van der Waals surface area contributed by atoms with Gasteiger partial charge in [-0.15, -0.1) is 0 Å². The minimum atomic E-state index is 0.810. The van der Waals surface area contributed by atoms with Crippen LogP contribution in [-0.2, 0) is 13.0 Å². The van der Waals surface area contributed by atoms with Gasteiger partial charge >= 0.3 is 0 Å². The third-order valence-electron chi connectivity index (χ3n) is 3.35. The lowest BCUT2D eigenvalue weighted by atomic mass is 10.1. The highest BCUT2D eigenvalue weighted by atomic mass is 15.1. The molecule has 0 radical (unpaired) electrons. The number of pyridine rings is 1. The number of aryl methyl sites for hydroxylation is 1. The maximum Gasteiger partial charge on any atom is 0.126 e. The van der Waals surface area contributed by atoms with E-state index in [2.05, 4.69) is 66.4 Å². The molecule has 1 heterocycles. The van der Waals surface area contributed by atoms with Crippen LogP contribution in [0.4, 0.5) is 11.5 Å². The second kappa shape index (κ2) is 6.94. The highest BCUT2D eigenvalue weighted by Gasteiger charge is 2.04. The molecule has 0 saturated carbocycles. The lowest BCUT2D eigenvalue weighted by Gasteiger charge is -2.19. The number of nitrogens with zero attached hydrogens (tertiary/aromatic N) is 2. The van der Waals surface area contributed by atoms with Crippen LogP contribution < -0.4 is 10.2 Å². The van der Waals surface area contributed by atoms with Gasteiger partial charge in [0.05, 0.1) is 12.2 Å². The molecule has 3 nitrogen and oxygen atoms in total.